The number of benzene rings is 1. The molecule has 30 heavy (non-hydrogen) atoms. The summed E-state index contributed by atoms with van der Waals surface area (Å²) in [4.78, 5) is 33.0. The van der Waals surface area contributed by atoms with Crippen LogP contribution >= 0.6 is 0 Å². The minimum atomic E-state index is -0.370. The zero-order valence-electron chi connectivity index (χ0n) is 16.7. The second-order valence-corrected chi connectivity index (χ2v) is 6.96. The van der Waals surface area contributed by atoms with Gasteiger partial charge in [-0.05, 0) is 49.7 Å². The summed E-state index contributed by atoms with van der Waals surface area (Å²) in [5, 5.41) is 14.4. The molecule has 0 aliphatic heterocycles. The number of nitrogens with one attached hydrogen (secondary N) is 2. The summed E-state index contributed by atoms with van der Waals surface area (Å²) in [6.07, 6.45) is 1.69. The Labute approximate surface area is 177 Å². The van der Waals surface area contributed by atoms with Gasteiger partial charge in [-0.15, -0.1) is 0 Å². The summed E-state index contributed by atoms with van der Waals surface area (Å²) < 4.78 is 0. The Kier molecular flexibility index (Phi) is 6.50. The first-order valence-corrected chi connectivity index (χ1v) is 9.48. The van der Waals surface area contributed by atoms with Crippen molar-refractivity contribution in [2.75, 3.05) is 0 Å². The summed E-state index contributed by atoms with van der Waals surface area (Å²) in [5.74, 6) is -0.687. The predicted molar refractivity (Wildman–Crippen MR) is 117 cm³/mol. The highest BCUT2D eigenvalue weighted by Crippen LogP contribution is 2.17. The molecule has 0 unspecified atom stereocenters. The van der Waals surface area contributed by atoms with Crippen LogP contribution in [0, 0.1) is 11.3 Å². The third-order valence-corrected chi connectivity index (χ3v) is 4.22. The Morgan fingerprint density at radius 3 is 2.33 bits per heavy atom. The summed E-state index contributed by atoms with van der Waals surface area (Å²) in [7, 11) is 0. The Hall–Kier alpha value is -4.05. The van der Waals surface area contributed by atoms with Crippen molar-refractivity contribution >= 4 is 11.8 Å². The van der Waals surface area contributed by atoms with E-state index in [1.54, 1.807) is 36.5 Å². The van der Waals surface area contributed by atoms with Crippen molar-refractivity contribution < 1.29 is 12.4 Å². The molecule has 2 heterocycles. The van der Waals surface area contributed by atoms with Crippen molar-refractivity contribution in [2.45, 2.75) is 26.4 Å². The van der Waals surface area contributed by atoms with E-state index < -0.39 is 0 Å². The van der Waals surface area contributed by atoms with Gasteiger partial charge in [0.25, 0.3) is 11.8 Å². The molecule has 3 rings (SSSR count). The van der Waals surface area contributed by atoms with Gasteiger partial charge in [0.1, 0.15) is 11.4 Å². The van der Waals surface area contributed by atoms with Crippen LogP contribution in [0.1, 0.15) is 48.8 Å². The zero-order chi connectivity index (χ0) is 21.5. The van der Waals surface area contributed by atoms with Gasteiger partial charge in [-0.2, -0.15) is 5.26 Å². The molecule has 3 aromatic rings. The van der Waals surface area contributed by atoms with E-state index in [0.717, 1.165) is 16.8 Å². The van der Waals surface area contributed by atoms with Crippen LogP contribution in [0.4, 0.5) is 0 Å². The number of hydrogen-bond acceptors (Lipinski definition) is 5. The highest BCUT2D eigenvalue weighted by molar-refractivity contribution is 5.96. The molecule has 2 aromatic heterocycles. The third-order valence-electron chi connectivity index (χ3n) is 4.22. The van der Waals surface area contributed by atoms with Crippen LogP contribution in [-0.2, 0) is 6.54 Å². The van der Waals surface area contributed by atoms with Crippen LogP contribution in [0.3, 0.4) is 0 Å². The van der Waals surface area contributed by atoms with E-state index in [2.05, 4.69) is 26.7 Å². The second-order valence-electron chi connectivity index (χ2n) is 6.96. The van der Waals surface area contributed by atoms with Gasteiger partial charge < -0.3 is 10.6 Å². The van der Waals surface area contributed by atoms with Crippen LogP contribution in [0.25, 0.3) is 11.3 Å². The molecule has 0 atom stereocenters. The van der Waals surface area contributed by atoms with E-state index in [9.17, 15) is 9.59 Å². The van der Waals surface area contributed by atoms with Crippen LogP contribution < -0.4 is 10.6 Å². The summed E-state index contributed by atoms with van der Waals surface area (Å²) in [6, 6.07) is 17.7. The lowest BCUT2D eigenvalue weighted by atomic mass is 10.1. The summed E-state index contributed by atoms with van der Waals surface area (Å²) in [6.45, 7) is 3.99. The quantitative estimate of drug-likeness (QED) is 0.654. The second kappa shape index (κ2) is 9.43. The van der Waals surface area contributed by atoms with Gasteiger partial charge >= 0.3 is 0 Å². The molecule has 0 fully saturated rings. The molecule has 0 saturated carbocycles. The van der Waals surface area contributed by atoms with Crippen LogP contribution in [0.5, 0.6) is 0 Å². The molecule has 7 nitrogen and oxygen atoms in total. The smallest absolute Gasteiger partial charge is 0.270 e. The van der Waals surface area contributed by atoms with Crippen molar-refractivity contribution in [2.24, 2.45) is 0 Å². The molecule has 0 aliphatic carbocycles. The standard InChI is InChI=1S/C23H21N5O2.2H2/c1-15(2)27-23(30)21-5-3-4-20(28-21)22(29)26-14-17-8-11-19(25-13-17)18-9-6-16(12-24)7-10-18;;/h3-11,13,15H,14H2,1-2H3,(H,26,29)(H,27,30);2*1H. The fourth-order valence-electron chi connectivity index (χ4n) is 2.71. The van der Waals surface area contributed by atoms with Crippen molar-refractivity contribution in [3.8, 4) is 17.3 Å². The van der Waals surface area contributed by atoms with Crippen molar-refractivity contribution in [3.05, 3.63) is 83.3 Å². The Morgan fingerprint density at radius 1 is 1.03 bits per heavy atom. The Morgan fingerprint density at radius 2 is 1.73 bits per heavy atom. The molecule has 154 valence electrons. The average molecular weight is 403 g/mol. The van der Waals surface area contributed by atoms with Crippen molar-refractivity contribution in [3.63, 3.8) is 0 Å². The van der Waals surface area contributed by atoms with Gasteiger partial charge in [0.2, 0.25) is 0 Å². The monoisotopic (exact) mass is 403 g/mol. The number of hydrogen-bond donors (Lipinski definition) is 2. The zero-order valence-corrected chi connectivity index (χ0v) is 16.7. The molecule has 0 aliphatic rings. The number of pyridine rings is 2. The highest BCUT2D eigenvalue weighted by Gasteiger charge is 2.13. The molecule has 0 bridgehead atoms. The normalized spacial score (nSPS) is 10.3. The highest BCUT2D eigenvalue weighted by atomic mass is 16.2. The number of nitrogens with zero attached hydrogens (tertiary/aromatic N) is 3. The number of carbonyl (C=O) groups is 2. The Bertz CT molecular complexity index is 1090. The van der Waals surface area contributed by atoms with Gasteiger partial charge in [0.05, 0.1) is 17.3 Å². The van der Waals surface area contributed by atoms with Crippen LogP contribution in [0.2, 0.25) is 0 Å². The summed E-state index contributed by atoms with van der Waals surface area (Å²) in [5.41, 5.74) is 3.48. The maximum atomic E-state index is 12.4. The molecule has 0 spiro atoms. The van der Waals surface area contributed by atoms with E-state index in [4.69, 9.17) is 5.26 Å². The third kappa shape index (κ3) is 5.26. The lowest BCUT2D eigenvalue weighted by Crippen LogP contribution is -2.31. The first-order valence-electron chi connectivity index (χ1n) is 9.48. The number of rotatable bonds is 6. The molecule has 2 amide bonds. The number of carbonyl (C=O) groups excluding carboxylic acids is 2. The molecular formula is C23H25N5O2. The largest absolute Gasteiger partial charge is 0.349 e. The van der Waals surface area contributed by atoms with Gasteiger partial charge in [-0.3, -0.25) is 14.6 Å². The maximum Gasteiger partial charge on any atom is 0.270 e. The lowest BCUT2D eigenvalue weighted by Gasteiger charge is -2.09. The topological polar surface area (TPSA) is 108 Å². The first kappa shape index (κ1) is 20.7. The molecule has 0 radical (unpaired) electrons. The number of amides is 2. The van der Waals surface area contributed by atoms with Crippen LogP contribution in [-0.4, -0.2) is 27.8 Å². The molecule has 1 aromatic carbocycles. The number of nitriles is 1. The SMILES string of the molecule is CC(C)NC(=O)c1cccc(C(=O)NCc2ccc(-c3ccc(C#N)cc3)nc2)n1.[HH].[HH]. The van der Waals surface area contributed by atoms with Gasteiger partial charge in [-0.1, -0.05) is 24.3 Å². The van der Waals surface area contributed by atoms with E-state index >= 15 is 0 Å². The average Bonchev–Trinajstić information content (AvgIpc) is 2.77. The minimum Gasteiger partial charge on any atom is -0.349 e. The van der Waals surface area contributed by atoms with Crippen molar-refractivity contribution in [1.29, 1.82) is 5.26 Å². The summed E-state index contributed by atoms with van der Waals surface area (Å²) >= 11 is 0. The van der Waals surface area contributed by atoms with Gasteiger partial charge in [0.15, 0.2) is 0 Å². The molecule has 2 N–H and O–H groups in total. The first-order chi connectivity index (χ1) is 14.5. The van der Waals surface area contributed by atoms with E-state index in [1.165, 1.54) is 0 Å². The van der Waals surface area contributed by atoms with E-state index in [0.29, 0.717) is 5.56 Å². The Balaban J connectivity index is 0.00000256. The van der Waals surface area contributed by atoms with Gasteiger partial charge in [0, 0.05) is 27.2 Å². The fourth-order valence-corrected chi connectivity index (χ4v) is 2.71. The minimum absolute atomic E-state index is 0. The molecule has 0 saturated heterocycles. The van der Waals surface area contributed by atoms with E-state index in [1.807, 2.05) is 38.1 Å². The van der Waals surface area contributed by atoms with Crippen molar-refractivity contribution in [1.82, 2.24) is 20.6 Å². The number of aromatic nitrogens is 2. The van der Waals surface area contributed by atoms with E-state index in [-0.39, 0.29) is 38.6 Å². The maximum absolute atomic E-state index is 12.4. The van der Waals surface area contributed by atoms with Gasteiger partial charge in [-0.25, -0.2) is 4.98 Å². The fraction of sp³-hybridized carbons (Fsp3) is 0.174. The lowest BCUT2D eigenvalue weighted by molar-refractivity contribution is 0.0936. The molecular weight excluding hydrogens is 378 g/mol. The predicted octanol–water partition coefficient (Wildman–Crippen LogP) is 3.58. The van der Waals surface area contributed by atoms with Crippen LogP contribution in [0.15, 0.2) is 60.8 Å². The molecule has 7 heteroatoms.